The quantitative estimate of drug-likeness (QED) is 0.741. The molecule has 1 aromatic carbocycles. The number of fused-ring (bicyclic) bond motifs is 1. The van der Waals surface area contributed by atoms with Gasteiger partial charge in [0.2, 0.25) is 0 Å². The maximum absolute atomic E-state index is 6.20. The molecule has 1 aliphatic heterocycles. The van der Waals surface area contributed by atoms with Crippen LogP contribution in [0.25, 0.3) is 0 Å². The summed E-state index contributed by atoms with van der Waals surface area (Å²) in [5, 5.41) is 3.93. The van der Waals surface area contributed by atoms with Crippen molar-refractivity contribution in [2.75, 3.05) is 53.6 Å². The number of benzene rings is 1. The monoisotopic (exact) mass is 314 g/mol. The van der Waals surface area contributed by atoms with Gasteiger partial charge in [-0.1, -0.05) is 11.6 Å². The molecule has 1 aliphatic rings. The van der Waals surface area contributed by atoms with Gasteiger partial charge in [-0.05, 0) is 31.8 Å². The molecule has 0 aliphatic carbocycles. The number of nitrogens with zero attached hydrogens (tertiary/aromatic N) is 1. The standard InChI is InChI=1S/C15H23ClN2O3/c1-18(2)4-6-19-5-3-17-11-12-9-13(16)15-14(10-12)20-7-8-21-15/h9-10,17H,3-8,11H2,1-2H3. The van der Waals surface area contributed by atoms with Crippen LogP contribution in [0.15, 0.2) is 12.1 Å². The highest BCUT2D eigenvalue weighted by molar-refractivity contribution is 6.32. The third kappa shape index (κ3) is 5.36. The van der Waals surface area contributed by atoms with Gasteiger partial charge in [-0.25, -0.2) is 0 Å². The van der Waals surface area contributed by atoms with Crippen molar-refractivity contribution in [1.29, 1.82) is 0 Å². The van der Waals surface area contributed by atoms with Crippen LogP contribution in [0.4, 0.5) is 0 Å². The van der Waals surface area contributed by atoms with E-state index in [9.17, 15) is 0 Å². The van der Waals surface area contributed by atoms with E-state index in [1.807, 2.05) is 26.2 Å². The number of ether oxygens (including phenoxy) is 3. The maximum atomic E-state index is 6.20. The lowest BCUT2D eigenvalue weighted by molar-refractivity contribution is 0.119. The molecule has 0 atom stereocenters. The van der Waals surface area contributed by atoms with Gasteiger partial charge in [0.1, 0.15) is 13.2 Å². The van der Waals surface area contributed by atoms with Crippen molar-refractivity contribution in [2.45, 2.75) is 6.54 Å². The van der Waals surface area contributed by atoms with Gasteiger partial charge in [0, 0.05) is 19.6 Å². The Morgan fingerprint density at radius 3 is 2.86 bits per heavy atom. The molecule has 0 bridgehead atoms. The summed E-state index contributed by atoms with van der Waals surface area (Å²) in [7, 11) is 4.07. The van der Waals surface area contributed by atoms with Crippen LogP contribution in [0.2, 0.25) is 5.02 Å². The molecule has 0 saturated heterocycles. The highest BCUT2D eigenvalue weighted by Gasteiger charge is 2.16. The number of hydrogen-bond acceptors (Lipinski definition) is 5. The van der Waals surface area contributed by atoms with E-state index in [1.165, 1.54) is 0 Å². The van der Waals surface area contributed by atoms with Gasteiger partial charge < -0.3 is 24.4 Å². The number of likely N-dealkylation sites (N-methyl/N-ethyl adjacent to an activating group) is 1. The molecule has 1 heterocycles. The van der Waals surface area contributed by atoms with Crippen molar-refractivity contribution in [3.63, 3.8) is 0 Å². The normalized spacial score (nSPS) is 13.7. The summed E-state index contributed by atoms with van der Waals surface area (Å²) in [4.78, 5) is 2.10. The Labute approximate surface area is 131 Å². The Morgan fingerprint density at radius 2 is 2.05 bits per heavy atom. The average molecular weight is 315 g/mol. The van der Waals surface area contributed by atoms with E-state index >= 15 is 0 Å². The first-order valence-corrected chi connectivity index (χ1v) is 7.56. The number of halogens is 1. The van der Waals surface area contributed by atoms with Gasteiger partial charge >= 0.3 is 0 Å². The summed E-state index contributed by atoms with van der Waals surface area (Å²) in [6.07, 6.45) is 0. The highest BCUT2D eigenvalue weighted by atomic mass is 35.5. The first-order valence-electron chi connectivity index (χ1n) is 7.18. The second kappa shape index (κ2) is 8.44. The molecule has 5 nitrogen and oxygen atoms in total. The zero-order chi connectivity index (χ0) is 15.1. The largest absolute Gasteiger partial charge is 0.486 e. The minimum Gasteiger partial charge on any atom is -0.486 e. The van der Waals surface area contributed by atoms with Crippen LogP contribution < -0.4 is 14.8 Å². The number of rotatable bonds is 8. The van der Waals surface area contributed by atoms with Gasteiger partial charge in [0.05, 0.1) is 18.2 Å². The van der Waals surface area contributed by atoms with E-state index in [0.29, 0.717) is 30.6 Å². The fraction of sp³-hybridized carbons (Fsp3) is 0.600. The van der Waals surface area contributed by atoms with E-state index in [-0.39, 0.29) is 0 Å². The summed E-state index contributed by atoms with van der Waals surface area (Å²) < 4.78 is 16.6. The Morgan fingerprint density at radius 1 is 1.24 bits per heavy atom. The lowest BCUT2D eigenvalue weighted by Gasteiger charge is -2.20. The van der Waals surface area contributed by atoms with Crippen LogP contribution in [0.5, 0.6) is 11.5 Å². The summed E-state index contributed by atoms with van der Waals surface area (Å²) in [5.74, 6) is 1.38. The lowest BCUT2D eigenvalue weighted by Crippen LogP contribution is -2.23. The fourth-order valence-corrected chi connectivity index (χ4v) is 2.28. The molecule has 0 aromatic heterocycles. The summed E-state index contributed by atoms with van der Waals surface area (Å²) in [6, 6.07) is 3.88. The molecule has 0 spiro atoms. The van der Waals surface area contributed by atoms with Gasteiger partial charge in [0.15, 0.2) is 11.5 Å². The number of hydrogen-bond donors (Lipinski definition) is 1. The van der Waals surface area contributed by atoms with Crippen LogP contribution in [0.3, 0.4) is 0 Å². The Kier molecular flexibility index (Phi) is 6.57. The first-order chi connectivity index (χ1) is 10.2. The van der Waals surface area contributed by atoms with E-state index in [1.54, 1.807) is 0 Å². The van der Waals surface area contributed by atoms with Gasteiger partial charge in [-0.2, -0.15) is 0 Å². The van der Waals surface area contributed by atoms with E-state index < -0.39 is 0 Å². The second-order valence-electron chi connectivity index (χ2n) is 5.19. The van der Waals surface area contributed by atoms with Crippen LogP contribution >= 0.6 is 11.6 Å². The zero-order valence-electron chi connectivity index (χ0n) is 12.7. The van der Waals surface area contributed by atoms with Gasteiger partial charge in [0.25, 0.3) is 0 Å². The van der Waals surface area contributed by atoms with E-state index in [2.05, 4.69) is 10.2 Å². The predicted molar refractivity (Wildman–Crippen MR) is 83.5 cm³/mol. The molecule has 0 unspecified atom stereocenters. The SMILES string of the molecule is CN(C)CCOCCNCc1cc(Cl)c2c(c1)OCCO2. The molecule has 1 aromatic rings. The van der Waals surface area contributed by atoms with Crippen molar-refractivity contribution in [3.8, 4) is 11.5 Å². The zero-order valence-corrected chi connectivity index (χ0v) is 13.4. The Bertz CT molecular complexity index is 455. The van der Waals surface area contributed by atoms with Gasteiger partial charge in [-0.3, -0.25) is 0 Å². The second-order valence-corrected chi connectivity index (χ2v) is 5.60. The first kappa shape index (κ1) is 16.4. The minimum absolute atomic E-state index is 0.550. The summed E-state index contributed by atoms with van der Waals surface area (Å²) in [5.41, 5.74) is 1.08. The topological polar surface area (TPSA) is 43.0 Å². The lowest BCUT2D eigenvalue weighted by atomic mass is 10.2. The molecular weight excluding hydrogens is 292 g/mol. The Hall–Kier alpha value is -1.01. The summed E-state index contributed by atoms with van der Waals surface area (Å²) in [6.45, 7) is 5.05. The van der Waals surface area contributed by atoms with Crippen molar-refractivity contribution in [3.05, 3.63) is 22.7 Å². The van der Waals surface area contributed by atoms with Crippen LogP contribution in [-0.2, 0) is 11.3 Å². The molecule has 21 heavy (non-hydrogen) atoms. The molecule has 2 rings (SSSR count). The van der Waals surface area contributed by atoms with E-state index in [4.69, 9.17) is 25.8 Å². The minimum atomic E-state index is 0.550. The predicted octanol–water partition coefficient (Wildman–Crippen LogP) is 1.78. The average Bonchev–Trinajstić information content (AvgIpc) is 2.46. The molecule has 0 saturated carbocycles. The third-order valence-corrected chi connectivity index (χ3v) is 3.37. The Balaban J connectivity index is 1.70. The van der Waals surface area contributed by atoms with Crippen LogP contribution in [0.1, 0.15) is 5.56 Å². The molecule has 0 radical (unpaired) electrons. The molecule has 0 fully saturated rings. The van der Waals surface area contributed by atoms with Crippen LogP contribution in [-0.4, -0.2) is 58.5 Å². The maximum Gasteiger partial charge on any atom is 0.179 e. The van der Waals surface area contributed by atoms with Crippen molar-refractivity contribution in [2.24, 2.45) is 0 Å². The third-order valence-electron chi connectivity index (χ3n) is 3.09. The molecule has 0 amide bonds. The van der Waals surface area contributed by atoms with Crippen LogP contribution in [0, 0.1) is 0 Å². The molecule has 6 heteroatoms. The van der Waals surface area contributed by atoms with Crippen molar-refractivity contribution in [1.82, 2.24) is 10.2 Å². The fourth-order valence-electron chi connectivity index (χ4n) is 1.99. The molecular formula is C15H23ClN2O3. The van der Waals surface area contributed by atoms with Crippen molar-refractivity contribution < 1.29 is 14.2 Å². The van der Waals surface area contributed by atoms with Crippen molar-refractivity contribution >= 4 is 11.6 Å². The molecule has 118 valence electrons. The van der Waals surface area contributed by atoms with Gasteiger partial charge in [-0.15, -0.1) is 0 Å². The molecule has 1 N–H and O–H groups in total. The number of nitrogens with one attached hydrogen (secondary N) is 1. The smallest absolute Gasteiger partial charge is 0.179 e. The summed E-state index contributed by atoms with van der Waals surface area (Å²) >= 11 is 6.20. The van der Waals surface area contributed by atoms with E-state index in [0.717, 1.165) is 37.6 Å². The highest BCUT2D eigenvalue weighted by Crippen LogP contribution is 2.38.